The maximum absolute atomic E-state index is 3.47. The molecular formula is C8H17N. The topological polar surface area (TPSA) is 12.0 Å². The Hall–Kier alpha value is -0.0400. The van der Waals surface area contributed by atoms with Gasteiger partial charge in [0.25, 0.3) is 0 Å². The summed E-state index contributed by atoms with van der Waals surface area (Å²) in [6, 6.07) is 0.755. The molecule has 1 nitrogen and oxygen atoms in total. The Balaban J connectivity index is 2.44. The van der Waals surface area contributed by atoms with E-state index in [1.165, 1.54) is 13.0 Å². The first-order valence-corrected chi connectivity index (χ1v) is 3.99. The fourth-order valence-electron chi connectivity index (χ4n) is 1.92. The Morgan fingerprint density at radius 3 is 2.33 bits per heavy atom. The molecule has 1 aliphatic heterocycles. The second-order valence-electron chi connectivity index (χ2n) is 3.25. The van der Waals surface area contributed by atoms with E-state index >= 15 is 0 Å². The van der Waals surface area contributed by atoms with Gasteiger partial charge < -0.3 is 5.32 Å². The molecule has 0 saturated carbocycles. The average Bonchev–Trinajstić information content (AvgIpc) is 2.12. The Bertz CT molecular complexity index is 80.6. The highest BCUT2D eigenvalue weighted by Gasteiger charge is 2.27. The summed E-state index contributed by atoms with van der Waals surface area (Å²) in [5, 5.41) is 3.47. The van der Waals surface area contributed by atoms with E-state index in [9.17, 15) is 0 Å². The number of hydrogen-bond donors (Lipinski definition) is 1. The summed E-state index contributed by atoms with van der Waals surface area (Å²) in [6.45, 7) is 8.13. The minimum absolute atomic E-state index is 0.755. The molecule has 0 aromatic rings. The lowest BCUT2D eigenvalue weighted by molar-refractivity contribution is 0.386. The van der Waals surface area contributed by atoms with E-state index in [0.717, 1.165) is 17.9 Å². The second-order valence-corrected chi connectivity index (χ2v) is 3.25. The SMILES string of the molecule is CC[C@H]1C(C)NC[C@@H]1C. The van der Waals surface area contributed by atoms with Crippen LogP contribution in [-0.2, 0) is 0 Å². The smallest absolute Gasteiger partial charge is 0.00700 e. The van der Waals surface area contributed by atoms with Gasteiger partial charge in [-0.3, -0.25) is 0 Å². The van der Waals surface area contributed by atoms with Crippen molar-refractivity contribution in [1.29, 1.82) is 0 Å². The number of nitrogens with one attached hydrogen (secondary N) is 1. The summed E-state index contributed by atoms with van der Waals surface area (Å²) in [4.78, 5) is 0. The zero-order valence-electron chi connectivity index (χ0n) is 6.65. The molecule has 0 bridgehead atoms. The van der Waals surface area contributed by atoms with Crippen LogP contribution in [0, 0.1) is 11.8 Å². The molecule has 1 heteroatoms. The third-order valence-electron chi connectivity index (χ3n) is 2.61. The number of hydrogen-bond acceptors (Lipinski definition) is 1. The van der Waals surface area contributed by atoms with Crippen LogP contribution in [0.15, 0.2) is 0 Å². The summed E-state index contributed by atoms with van der Waals surface area (Å²) < 4.78 is 0. The highest BCUT2D eigenvalue weighted by atomic mass is 15.0. The van der Waals surface area contributed by atoms with Gasteiger partial charge in [-0.2, -0.15) is 0 Å². The van der Waals surface area contributed by atoms with E-state index in [1.54, 1.807) is 0 Å². The molecule has 0 aliphatic carbocycles. The van der Waals surface area contributed by atoms with Crippen molar-refractivity contribution in [2.45, 2.75) is 33.2 Å². The maximum Gasteiger partial charge on any atom is 0.00700 e. The zero-order valence-corrected chi connectivity index (χ0v) is 6.65. The first-order chi connectivity index (χ1) is 4.25. The molecule has 0 aromatic heterocycles. The highest BCUT2D eigenvalue weighted by Crippen LogP contribution is 2.24. The van der Waals surface area contributed by atoms with Crippen molar-refractivity contribution < 1.29 is 0 Å². The maximum atomic E-state index is 3.47. The fourth-order valence-corrected chi connectivity index (χ4v) is 1.92. The first kappa shape index (κ1) is 7.07. The molecule has 0 radical (unpaired) electrons. The Labute approximate surface area is 57.8 Å². The average molecular weight is 127 g/mol. The van der Waals surface area contributed by atoms with Gasteiger partial charge >= 0.3 is 0 Å². The van der Waals surface area contributed by atoms with E-state index in [4.69, 9.17) is 0 Å². The Morgan fingerprint density at radius 1 is 1.44 bits per heavy atom. The van der Waals surface area contributed by atoms with Crippen LogP contribution in [0.25, 0.3) is 0 Å². The van der Waals surface area contributed by atoms with Crippen molar-refractivity contribution in [2.24, 2.45) is 11.8 Å². The Kier molecular flexibility index (Phi) is 2.12. The largest absolute Gasteiger partial charge is 0.314 e. The molecule has 0 amide bonds. The third kappa shape index (κ3) is 1.26. The van der Waals surface area contributed by atoms with Crippen LogP contribution < -0.4 is 5.32 Å². The first-order valence-electron chi connectivity index (χ1n) is 3.99. The van der Waals surface area contributed by atoms with Crippen molar-refractivity contribution in [1.82, 2.24) is 5.32 Å². The standard InChI is InChI=1S/C8H17N/c1-4-8-6(2)5-9-7(8)3/h6-9H,4-5H2,1-3H3/t6-,7?,8+/m0/s1. The third-order valence-corrected chi connectivity index (χ3v) is 2.61. The fraction of sp³-hybridized carbons (Fsp3) is 1.00. The highest BCUT2D eigenvalue weighted by molar-refractivity contribution is 4.83. The van der Waals surface area contributed by atoms with Crippen LogP contribution in [0.4, 0.5) is 0 Å². The van der Waals surface area contributed by atoms with Crippen molar-refractivity contribution in [2.75, 3.05) is 6.54 Å². The van der Waals surface area contributed by atoms with Gasteiger partial charge in [0.2, 0.25) is 0 Å². The van der Waals surface area contributed by atoms with Crippen molar-refractivity contribution in [3.05, 3.63) is 0 Å². The van der Waals surface area contributed by atoms with E-state index in [-0.39, 0.29) is 0 Å². The zero-order chi connectivity index (χ0) is 6.85. The molecule has 0 spiro atoms. The van der Waals surface area contributed by atoms with Crippen LogP contribution in [-0.4, -0.2) is 12.6 Å². The normalized spacial score (nSPS) is 43.7. The van der Waals surface area contributed by atoms with Crippen LogP contribution in [0.3, 0.4) is 0 Å². The molecule has 54 valence electrons. The predicted molar refractivity (Wildman–Crippen MR) is 40.4 cm³/mol. The molecule has 1 heterocycles. The van der Waals surface area contributed by atoms with Gasteiger partial charge in [0, 0.05) is 6.04 Å². The van der Waals surface area contributed by atoms with Gasteiger partial charge in [0.05, 0.1) is 0 Å². The summed E-state index contributed by atoms with van der Waals surface area (Å²) >= 11 is 0. The molecule has 1 N–H and O–H groups in total. The lowest BCUT2D eigenvalue weighted by atomic mass is 9.91. The lowest BCUT2D eigenvalue weighted by Crippen LogP contribution is -2.22. The van der Waals surface area contributed by atoms with Gasteiger partial charge in [-0.05, 0) is 25.3 Å². The number of rotatable bonds is 1. The van der Waals surface area contributed by atoms with Crippen LogP contribution in [0.2, 0.25) is 0 Å². The quantitative estimate of drug-likeness (QED) is 0.564. The predicted octanol–water partition coefficient (Wildman–Crippen LogP) is 1.64. The van der Waals surface area contributed by atoms with Gasteiger partial charge in [-0.15, -0.1) is 0 Å². The van der Waals surface area contributed by atoms with E-state index < -0.39 is 0 Å². The molecule has 9 heavy (non-hydrogen) atoms. The van der Waals surface area contributed by atoms with Gasteiger partial charge in [-0.1, -0.05) is 20.3 Å². The molecule has 1 saturated heterocycles. The van der Waals surface area contributed by atoms with E-state index in [1.807, 2.05) is 0 Å². The summed E-state index contributed by atoms with van der Waals surface area (Å²) in [5.41, 5.74) is 0. The molecule has 3 atom stereocenters. The van der Waals surface area contributed by atoms with Crippen LogP contribution in [0.5, 0.6) is 0 Å². The molecule has 1 unspecified atom stereocenters. The van der Waals surface area contributed by atoms with Crippen molar-refractivity contribution >= 4 is 0 Å². The second kappa shape index (κ2) is 2.70. The van der Waals surface area contributed by atoms with Crippen LogP contribution in [0.1, 0.15) is 27.2 Å². The van der Waals surface area contributed by atoms with E-state index in [0.29, 0.717) is 0 Å². The minimum Gasteiger partial charge on any atom is -0.314 e. The molecule has 0 aromatic carbocycles. The summed E-state index contributed by atoms with van der Waals surface area (Å²) in [5.74, 6) is 1.81. The van der Waals surface area contributed by atoms with Gasteiger partial charge in [-0.25, -0.2) is 0 Å². The molecular weight excluding hydrogens is 110 g/mol. The van der Waals surface area contributed by atoms with Crippen molar-refractivity contribution in [3.63, 3.8) is 0 Å². The summed E-state index contributed by atoms with van der Waals surface area (Å²) in [7, 11) is 0. The minimum atomic E-state index is 0.755. The lowest BCUT2D eigenvalue weighted by Gasteiger charge is -2.15. The summed E-state index contributed by atoms with van der Waals surface area (Å²) in [6.07, 6.45) is 1.33. The monoisotopic (exact) mass is 127 g/mol. The molecule has 1 aliphatic rings. The van der Waals surface area contributed by atoms with Crippen LogP contribution >= 0.6 is 0 Å². The molecule has 1 rings (SSSR count). The Morgan fingerprint density at radius 2 is 2.11 bits per heavy atom. The van der Waals surface area contributed by atoms with Gasteiger partial charge in [0.1, 0.15) is 0 Å². The van der Waals surface area contributed by atoms with Crippen molar-refractivity contribution in [3.8, 4) is 0 Å². The van der Waals surface area contributed by atoms with E-state index in [2.05, 4.69) is 26.1 Å². The van der Waals surface area contributed by atoms with Gasteiger partial charge in [0.15, 0.2) is 0 Å². The molecule has 1 fully saturated rings.